The summed E-state index contributed by atoms with van der Waals surface area (Å²) in [4.78, 5) is 24.4. The largest absolute Gasteiger partial charge is 0.480 e. The first kappa shape index (κ1) is 17.1. The summed E-state index contributed by atoms with van der Waals surface area (Å²) in [7, 11) is 0. The van der Waals surface area contributed by atoms with Crippen molar-refractivity contribution in [1.29, 1.82) is 0 Å². The molecule has 0 aliphatic carbocycles. The molecule has 0 saturated carbocycles. The van der Waals surface area contributed by atoms with Gasteiger partial charge in [-0.05, 0) is 26.7 Å². The van der Waals surface area contributed by atoms with Crippen molar-refractivity contribution in [2.24, 2.45) is 0 Å². The SMILES string of the molecule is C#C[C@@]1(O)C[C@H](C(=O)O)N(C(=O)OC(C)(C)CCC=C)C1. The van der Waals surface area contributed by atoms with Crippen LogP contribution in [0.15, 0.2) is 12.7 Å². The number of likely N-dealkylation sites (tertiary alicyclic amines) is 1. The van der Waals surface area contributed by atoms with Gasteiger partial charge in [0.2, 0.25) is 0 Å². The van der Waals surface area contributed by atoms with Crippen LogP contribution in [0.25, 0.3) is 0 Å². The van der Waals surface area contributed by atoms with Crippen LogP contribution >= 0.6 is 0 Å². The van der Waals surface area contributed by atoms with Gasteiger partial charge in [-0.1, -0.05) is 12.0 Å². The van der Waals surface area contributed by atoms with Crippen LogP contribution in [0.1, 0.15) is 33.1 Å². The van der Waals surface area contributed by atoms with Gasteiger partial charge in [-0.25, -0.2) is 9.59 Å². The molecule has 116 valence electrons. The van der Waals surface area contributed by atoms with Crippen molar-refractivity contribution in [1.82, 2.24) is 4.90 Å². The number of β-amino-alcohol motifs (C(OH)–C–C–N with tert-alkyl or cyclic N) is 1. The Kier molecular flexibility index (Phi) is 5.02. The van der Waals surface area contributed by atoms with E-state index in [2.05, 4.69) is 12.5 Å². The quantitative estimate of drug-likeness (QED) is 0.591. The minimum Gasteiger partial charge on any atom is -0.480 e. The van der Waals surface area contributed by atoms with Gasteiger partial charge in [0.1, 0.15) is 17.2 Å². The number of ether oxygens (including phenoxy) is 1. The fraction of sp³-hybridized carbons (Fsp3) is 0.600. The van der Waals surface area contributed by atoms with Gasteiger partial charge in [0, 0.05) is 6.42 Å². The number of allylic oxidation sites excluding steroid dienone is 1. The highest BCUT2D eigenvalue weighted by atomic mass is 16.6. The van der Waals surface area contributed by atoms with Gasteiger partial charge in [0.05, 0.1) is 6.54 Å². The van der Waals surface area contributed by atoms with Gasteiger partial charge in [-0.15, -0.1) is 13.0 Å². The molecule has 1 aliphatic rings. The molecule has 21 heavy (non-hydrogen) atoms. The van der Waals surface area contributed by atoms with Crippen LogP contribution in [0.3, 0.4) is 0 Å². The van der Waals surface area contributed by atoms with E-state index in [0.717, 1.165) is 4.90 Å². The molecule has 1 aliphatic heterocycles. The van der Waals surface area contributed by atoms with E-state index < -0.39 is 29.3 Å². The fourth-order valence-corrected chi connectivity index (χ4v) is 2.20. The lowest BCUT2D eigenvalue weighted by Crippen LogP contribution is -2.44. The number of rotatable bonds is 5. The molecule has 1 saturated heterocycles. The van der Waals surface area contributed by atoms with Crippen LogP contribution in [0.2, 0.25) is 0 Å². The molecule has 0 aromatic rings. The molecule has 2 atom stereocenters. The van der Waals surface area contributed by atoms with E-state index >= 15 is 0 Å². The second-order valence-electron chi connectivity index (χ2n) is 5.82. The summed E-state index contributed by atoms with van der Waals surface area (Å²) in [5, 5.41) is 19.2. The molecule has 1 rings (SSSR count). The minimum absolute atomic E-state index is 0.207. The molecule has 1 amide bonds. The average Bonchev–Trinajstić information content (AvgIpc) is 2.75. The Morgan fingerprint density at radius 3 is 2.71 bits per heavy atom. The van der Waals surface area contributed by atoms with E-state index in [1.165, 1.54) is 0 Å². The number of aliphatic carboxylic acids is 1. The second-order valence-corrected chi connectivity index (χ2v) is 5.82. The third kappa shape index (κ3) is 4.23. The normalized spacial score (nSPS) is 25.2. The number of carboxylic acid groups (broad SMARTS) is 1. The molecule has 0 aromatic carbocycles. The van der Waals surface area contributed by atoms with Crippen LogP contribution in [-0.4, -0.2) is 51.0 Å². The molecule has 1 heterocycles. The van der Waals surface area contributed by atoms with E-state index in [1.807, 2.05) is 0 Å². The number of carbonyl (C=O) groups excluding carboxylic acids is 1. The number of carbonyl (C=O) groups is 2. The molecular formula is C15H21NO5. The van der Waals surface area contributed by atoms with Crippen molar-refractivity contribution in [3.63, 3.8) is 0 Å². The Morgan fingerprint density at radius 1 is 1.62 bits per heavy atom. The molecule has 0 unspecified atom stereocenters. The molecule has 6 heteroatoms. The number of carboxylic acids is 1. The van der Waals surface area contributed by atoms with Gasteiger partial charge in [0.15, 0.2) is 0 Å². The Labute approximate surface area is 124 Å². The van der Waals surface area contributed by atoms with Gasteiger partial charge in [-0.2, -0.15) is 0 Å². The highest BCUT2D eigenvalue weighted by molar-refractivity contribution is 5.81. The first-order valence-corrected chi connectivity index (χ1v) is 6.67. The van der Waals surface area contributed by atoms with E-state index in [0.29, 0.717) is 12.8 Å². The van der Waals surface area contributed by atoms with Crippen LogP contribution < -0.4 is 0 Å². The Bertz CT molecular complexity index is 479. The molecule has 0 spiro atoms. The maximum atomic E-state index is 12.2. The first-order valence-electron chi connectivity index (χ1n) is 6.67. The zero-order chi connectivity index (χ0) is 16.3. The van der Waals surface area contributed by atoms with Crippen molar-refractivity contribution >= 4 is 12.1 Å². The lowest BCUT2D eigenvalue weighted by Gasteiger charge is -2.29. The molecule has 0 bridgehead atoms. The lowest BCUT2D eigenvalue weighted by molar-refractivity contribution is -0.142. The molecule has 0 aromatic heterocycles. The number of amides is 1. The maximum absolute atomic E-state index is 12.2. The summed E-state index contributed by atoms with van der Waals surface area (Å²) in [5.74, 6) is 0.916. The monoisotopic (exact) mass is 295 g/mol. The number of hydrogen-bond donors (Lipinski definition) is 2. The highest BCUT2D eigenvalue weighted by Crippen LogP contribution is 2.29. The summed E-state index contributed by atoms with van der Waals surface area (Å²) in [6.07, 6.45) is 7.14. The summed E-state index contributed by atoms with van der Waals surface area (Å²) in [5.41, 5.74) is -2.39. The summed E-state index contributed by atoms with van der Waals surface area (Å²) >= 11 is 0. The lowest BCUT2D eigenvalue weighted by atomic mass is 10.0. The van der Waals surface area contributed by atoms with Crippen LogP contribution in [0.4, 0.5) is 4.79 Å². The van der Waals surface area contributed by atoms with Gasteiger partial charge in [-0.3, -0.25) is 4.90 Å². The number of aliphatic hydroxyl groups is 1. The topological polar surface area (TPSA) is 87.1 Å². The standard InChI is InChI=1S/C15H21NO5/c1-5-7-8-14(3,4)21-13(19)16-10-15(20,6-2)9-11(16)12(17)18/h2,5,11,20H,1,7-10H2,3-4H3,(H,17,18)/t11-,15-/m1/s1. The smallest absolute Gasteiger partial charge is 0.411 e. The van der Waals surface area contributed by atoms with Crippen molar-refractivity contribution < 1.29 is 24.5 Å². The van der Waals surface area contributed by atoms with E-state index in [-0.39, 0.29) is 13.0 Å². The average molecular weight is 295 g/mol. The third-order valence-corrected chi connectivity index (χ3v) is 3.44. The zero-order valence-corrected chi connectivity index (χ0v) is 12.3. The Morgan fingerprint density at radius 2 is 2.24 bits per heavy atom. The predicted molar refractivity (Wildman–Crippen MR) is 76.5 cm³/mol. The van der Waals surface area contributed by atoms with E-state index in [9.17, 15) is 14.7 Å². The molecule has 6 nitrogen and oxygen atoms in total. The van der Waals surface area contributed by atoms with Crippen molar-refractivity contribution in [3.8, 4) is 12.3 Å². The number of hydrogen-bond acceptors (Lipinski definition) is 4. The van der Waals surface area contributed by atoms with Gasteiger partial charge in [0.25, 0.3) is 0 Å². The Balaban J connectivity index is 2.82. The van der Waals surface area contributed by atoms with E-state index in [1.54, 1.807) is 19.9 Å². The molecule has 2 N–H and O–H groups in total. The summed E-state index contributed by atoms with van der Waals surface area (Å²) < 4.78 is 5.34. The van der Waals surface area contributed by atoms with Crippen LogP contribution in [0.5, 0.6) is 0 Å². The number of nitrogens with zero attached hydrogens (tertiary/aromatic N) is 1. The Hall–Kier alpha value is -2.00. The van der Waals surface area contributed by atoms with Gasteiger partial charge < -0.3 is 14.9 Å². The van der Waals surface area contributed by atoms with E-state index in [4.69, 9.17) is 16.3 Å². The molecule has 1 fully saturated rings. The first-order chi connectivity index (χ1) is 9.64. The summed E-state index contributed by atoms with van der Waals surface area (Å²) in [6, 6.07) is -1.19. The van der Waals surface area contributed by atoms with Crippen molar-refractivity contribution in [3.05, 3.63) is 12.7 Å². The summed E-state index contributed by atoms with van der Waals surface area (Å²) in [6.45, 7) is 6.81. The molecular weight excluding hydrogens is 274 g/mol. The fourth-order valence-electron chi connectivity index (χ4n) is 2.20. The van der Waals surface area contributed by atoms with Gasteiger partial charge >= 0.3 is 12.1 Å². The predicted octanol–water partition coefficient (Wildman–Crippen LogP) is 1.39. The maximum Gasteiger partial charge on any atom is 0.411 e. The van der Waals surface area contributed by atoms with Crippen LogP contribution in [0, 0.1) is 12.3 Å². The molecule has 0 radical (unpaired) electrons. The zero-order valence-electron chi connectivity index (χ0n) is 12.3. The highest BCUT2D eigenvalue weighted by Gasteiger charge is 2.48. The van der Waals surface area contributed by atoms with Crippen LogP contribution in [-0.2, 0) is 9.53 Å². The minimum atomic E-state index is -1.63. The van der Waals surface area contributed by atoms with Crippen molar-refractivity contribution in [2.45, 2.75) is 50.4 Å². The van der Waals surface area contributed by atoms with Crippen molar-refractivity contribution in [2.75, 3.05) is 6.54 Å². The third-order valence-electron chi connectivity index (χ3n) is 3.44. The second kappa shape index (κ2) is 6.19. The number of terminal acetylenes is 1.